The summed E-state index contributed by atoms with van der Waals surface area (Å²) in [4.78, 5) is 16.8. The van der Waals surface area contributed by atoms with Crippen molar-refractivity contribution in [2.45, 2.75) is 44.6 Å². The fourth-order valence-electron chi connectivity index (χ4n) is 2.98. The van der Waals surface area contributed by atoms with Gasteiger partial charge in [-0.1, -0.05) is 13.8 Å². The van der Waals surface area contributed by atoms with Gasteiger partial charge in [-0.2, -0.15) is 4.98 Å². The summed E-state index contributed by atoms with van der Waals surface area (Å²) in [5.41, 5.74) is -0.233. The molecule has 0 atom stereocenters. The van der Waals surface area contributed by atoms with Gasteiger partial charge in [-0.25, -0.2) is 0 Å². The molecule has 124 valence electrons. The molecule has 0 bridgehead atoms. The summed E-state index contributed by atoms with van der Waals surface area (Å²) in [6, 6.07) is 3.97. The maximum Gasteiger partial charge on any atom is 0.248 e. The van der Waals surface area contributed by atoms with Crippen molar-refractivity contribution in [2.75, 3.05) is 18.5 Å². The van der Waals surface area contributed by atoms with Gasteiger partial charge in [0.15, 0.2) is 0 Å². The minimum atomic E-state index is -0.233. The molecule has 0 aromatic carbocycles. The molecular weight excluding hydrogens is 294 g/mol. The Hall–Kier alpha value is -2.15. The largest absolute Gasteiger partial charge is 0.381 e. The first-order valence-electron chi connectivity index (χ1n) is 8.02. The van der Waals surface area contributed by atoms with E-state index >= 15 is 0 Å². The number of hydrogen-bond donors (Lipinski definition) is 2. The number of amides is 1. The molecule has 3 heterocycles. The zero-order chi connectivity index (χ0) is 16.3. The zero-order valence-corrected chi connectivity index (χ0v) is 13.6. The van der Waals surface area contributed by atoms with Gasteiger partial charge in [0.05, 0.1) is 12.0 Å². The summed E-state index contributed by atoms with van der Waals surface area (Å²) in [5.74, 6) is 1.28. The van der Waals surface area contributed by atoms with Crippen LogP contribution in [-0.4, -0.2) is 38.9 Å². The monoisotopic (exact) mass is 317 g/mol. The molecule has 0 spiro atoms. The highest BCUT2D eigenvalue weighted by Crippen LogP contribution is 2.33. The van der Waals surface area contributed by atoms with Gasteiger partial charge in [-0.3, -0.25) is 15.2 Å². The highest BCUT2D eigenvalue weighted by molar-refractivity contribution is 5.89. The fourth-order valence-corrected chi connectivity index (χ4v) is 2.98. The first-order chi connectivity index (χ1) is 11.1. The lowest BCUT2D eigenvalue weighted by Crippen LogP contribution is -2.42. The normalized spacial score (nSPS) is 17.3. The molecule has 1 aliphatic rings. The number of aromatic nitrogens is 4. The van der Waals surface area contributed by atoms with Crippen molar-refractivity contribution in [1.82, 2.24) is 19.7 Å². The summed E-state index contributed by atoms with van der Waals surface area (Å²) in [7, 11) is 0. The van der Waals surface area contributed by atoms with E-state index in [0.29, 0.717) is 25.6 Å². The van der Waals surface area contributed by atoms with Gasteiger partial charge >= 0.3 is 0 Å². The molecule has 1 amide bonds. The first kappa shape index (κ1) is 15.7. The molecule has 1 saturated heterocycles. The van der Waals surface area contributed by atoms with E-state index in [1.54, 1.807) is 0 Å². The highest BCUT2D eigenvalue weighted by Gasteiger charge is 2.36. The molecule has 1 fully saturated rings. The van der Waals surface area contributed by atoms with Gasteiger partial charge in [0.1, 0.15) is 5.82 Å². The Morgan fingerprint density at radius 3 is 2.70 bits per heavy atom. The van der Waals surface area contributed by atoms with Crippen LogP contribution in [0.15, 0.2) is 24.5 Å². The van der Waals surface area contributed by atoms with Crippen LogP contribution >= 0.6 is 0 Å². The summed E-state index contributed by atoms with van der Waals surface area (Å²) >= 11 is 0. The van der Waals surface area contributed by atoms with Crippen LogP contribution in [0.3, 0.4) is 0 Å². The summed E-state index contributed by atoms with van der Waals surface area (Å²) < 4.78 is 7.61. The van der Waals surface area contributed by atoms with Gasteiger partial charge in [-0.05, 0) is 25.0 Å². The van der Waals surface area contributed by atoms with Crippen molar-refractivity contribution in [3.8, 4) is 0 Å². The predicted molar refractivity (Wildman–Crippen MR) is 86.2 cm³/mol. The SMILES string of the molecule is CC(C)c1nc(NC(=O)CC2(n3cccc3)CCOCC2)n[nH]1. The molecule has 23 heavy (non-hydrogen) atoms. The van der Waals surface area contributed by atoms with E-state index in [1.807, 2.05) is 38.4 Å². The highest BCUT2D eigenvalue weighted by atomic mass is 16.5. The minimum absolute atomic E-state index is 0.0742. The van der Waals surface area contributed by atoms with Crippen molar-refractivity contribution >= 4 is 11.9 Å². The third kappa shape index (κ3) is 3.44. The van der Waals surface area contributed by atoms with Gasteiger partial charge < -0.3 is 9.30 Å². The average Bonchev–Trinajstić information content (AvgIpc) is 3.19. The van der Waals surface area contributed by atoms with Crippen LogP contribution in [0.25, 0.3) is 0 Å². The van der Waals surface area contributed by atoms with Crippen LogP contribution in [0, 0.1) is 0 Å². The Labute approximate surface area is 135 Å². The van der Waals surface area contributed by atoms with Crippen LogP contribution in [0.1, 0.15) is 44.9 Å². The van der Waals surface area contributed by atoms with Crippen LogP contribution in [0.4, 0.5) is 5.95 Å². The quantitative estimate of drug-likeness (QED) is 0.886. The molecule has 2 N–H and O–H groups in total. The number of H-pyrrole nitrogens is 1. The first-order valence-corrected chi connectivity index (χ1v) is 8.02. The third-order valence-corrected chi connectivity index (χ3v) is 4.37. The molecule has 0 aliphatic carbocycles. The van der Waals surface area contributed by atoms with Gasteiger partial charge in [0, 0.05) is 31.5 Å². The number of hydrogen-bond acceptors (Lipinski definition) is 4. The second-order valence-electron chi connectivity index (χ2n) is 6.35. The molecule has 0 unspecified atom stereocenters. The third-order valence-electron chi connectivity index (χ3n) is 4.37. The van der Waals surface area contributed by atoms with Crippen LogP contribution in [0.5, 0.6) is 0 Å². The summed E-state index contributed by atoms with van der Waals surface area (Å²) in [6.07, 6.45) is 6.06. The smallest absolute Gasteiger partial charge is 0.248 e. The zero-order valence-electron chi connectivity index (χ0n) is 13.6. The molecule has 7 nitrogen and oxygen atoms in total. The lowest BCUT2D eigenvalue weighted by atomic mass is 9.86. The number of nitrogens with zero attached hydrogens (tertiary/aromatic N) is 3. The topological polar surface area (TPSA) is 84.8 Å². The average molecular weight is 317 g/mol. The number of nitrogens with one attached hydrogen (secondary N) is 2. The maximum absolute atomic E-state index is 12.5. The molecule has 2 aromatic heterocycles. The van der Waals surface area contributed by atoms with Crippen LogP contribution in [0.2, 0.25) is 0 Å². The summed E-state index contributed by atoms with van der Waals surface area (Å²) in [5, 5.41) is 9.71. The lowest BCUT2D eigenvalue weighted by molar-refractivity contribution is -0.119. The molecule has 1 aliphatic heterocycles. The Kier molecular flexibility index (Phi) is 4.47. The number of ether oxygens (including phenoxy) is 1. The minimum Gasteiger partial charge on any atom is -0.381 e. The van der Waals surface area contributed by atoms with Gasteiger partial charge in [0.25, 0.3) is 0 Å². The molecular formula is C16H23N5O2. The van der Waals surface area contributed by atoms with E-state index in [2.05, 4.69) is 25.1 Å². The van der Waals surface area contributed by atoms with Gasteiger partial charge in [0.2, 0.25) is 11.9 Å². The molecule has 2 aromatic rings. The molecule has 0 saturated carbocycles. The van der Waals surface area contributed by atoms with E-state index < -0.39 is 0 Å². The predicted octanol–water partition coefficient (Wildman–Crippen LogP) is 2.26. The second-order valence-corrected chi connectivity index (χ2v) is 6.35. The molecule has 7 heteroatoms. The fraction of sp³-hybridized carbons (Fsp3) is 0.562. The Morgan fingerprint density at radius 1 is 1.39 bits per heavy atom. The van der Waals surface area contributed by atoms with Gasteiger partial charge in [-0.15, -0.1) is 5.10 Å². The van der Waals surface area contributed by atoms with Crippen molar-refractivity contribution in [1.29, 1.82) is 0 Å². The number of anilines is 1. The number of rotatable bonds is 5. The lowest BCUT2D eigenvalue weighted by Gasteiger charge is -2.38. The Bertz CT molecular complexity index is 641. The number of carbonyl (C=O) groups is 1. The van der Waals surface area contributed by atoms with E-state index in [0.717, 1.165) is 18.7 Å². The standard InChI is InChI=1S/C16H23N5O2/c1-12(2)14-18-15(20-19-14)17-13(22)11-16(5-9-23-10-6-16)21-7-3-4-8-21/h3-4,7-8,12H,5-6,9-11H2,1-2H3,(H2,17,18,19,20,22). The molecule has 3 rings (SSSR count). The Morgan fingerprint density at radius 2 is 2.09 bits per heavy atom. The van der Waals surface area contributed by atoms with E-state index in [1.165, 1.54) is 0 Å². The van der Waals surface area contributed by atoms with E-state index in [9.17, 15) is 4.79 Å². The van der Waals surface area contributed by atoms with Crippen molar-refractivity contribution in [2.24, 2.45) is 0 Å². The van der Waals surface area contributed by atoms with E-state index in [4.69, 9.17) is 4.74 Å². The van der Waals surface area contributed by atoms with Crippen molar-refractivity contribution in [3.63, 3.8) is 0 Å². The second kappa shape index (κ2) is 6.54. The van der Waals surface area contributed by atoms with Crippen molar-refractivity contribution in [3.05, 3.63) is 30.4 Å². The van der Waals surface area contributed by atoms with Crippen LogP contribution in [-0.2, 0) is 15.1 Å². The maximum atomic E-state index is 12.5. The number of aromatic amines is 1. The Balaban J connectivity index is 1.71. The summed E-state index contributed by atoms with van der Waals surface area (Å²) in [6.45, 7) is 5.39. The van der Waals surface area contributed by atoms with Crippen molar-refractivity contribution < 1.29 is 9.53 Å². The molecule has 0 radical (unpaired) electrons. The number of carbonyl (C=O) groups excluding carboxylic acids is 1. The van der Waals surface area contributed by atoms with Crippen LogP contribution < -0.4 is 5.32 Å². The van der Waals surface area contributed by atoms with E-state index in [-0.39, 0.29) is 17.4 Å².